The highest BCUT2D eigenvalue weighted by molar-refractivity contribution is 9.10. The minimum absolute atomic E-state index is 0.0664. The fourth-order valence-corrected chi connectivity index (χ4v) is 3.27. The van der Waals surface area contributed by atoms with Crippen LogP contribution >= 0.6 is 15.9 Å². The van der Waals surface area contributed by atoms with Gasteiger partial charge in [-0.1, -0.05) is 28.1 Å². The molecule has 122 valence electrons. The molecule has 0 spiro atoms. The molecule has 3 rings (SSSR count). The standard InChI is InChI=1S/C16H18BrN3O3/c1-10-13(15(21)20-5-7-23-8-6-20)14(19-16(22)18-10)11-3-2-4-12(17)9-11/h2-4,9,14H,5-8H2,1H3,(H2,18,19,22)/t14-/m1/s1. The molecule has 2 heterocycles. The fraction of sp³-hybridized carbons (Fsp3) is 0.375. The van der Waals surface area contributed by atoms with Crippen molar-refractivity contribution in [3.63, 3.8) is 0 Å². The van der Waals surface area contributed by atoms with E-state index in [4.69, 9.17) is 4.74 Å². The zero-order chi connectivity index (χ0) is 16.4. The molecule has 1 saturated heterocycles. The predicted octanol–water partition coefficient (Wildman–Crippen LogP) is 1.94. The first-order valence-corrected chi connectivity index (χ1v) is 8.26. The molecular formula is C16H18BrN3O3. The van der Waals surface area contributed by atoms with E-state index < -0.39 is 6.04 Å². The monoisotopic (exact) mass is 379 g/mol. The lowest BCUT2D eigenvalue weighted by molar-refractivity contribution is -0.131. The summed E-state index contributed by atoms with van der Waals surface area (Å²) in [5.74, 6) is -0.0664. The van der Waals surface area contributed by atoms with E-state index >= 15 is 0 Å². The maximum Gasteiger partial charge on any atom is 0.319 e. The third-order valence-electron chi connectivity index (χ3n) is 3.98. The minimum Gasteiger partial charge on any atom is -0.378 e. The first-order chi connectivity index (χ1) is 11.1. The van der Waals surface area contributed by atoms with E-state index in [1.165, 1.54) is 0 Å². The van der Waals surface area contributed by atoms with Gasteiger partial charge in [0.1, 0.15) is 0 Å². The molecule has 2 aliphatic heterocycles. The number of hydrogen-bond acceptors (Lipinski definition) is 3. The Kier molecular flexibility index (Phi) is 4.68. The molecule has 1 atom stereocenters. The van der Waals surface area contributed by atoms with Crippen molar-refractivity contribution in [2.75, 3.05) is 26.3 Å². The number of ether oxygens (including phenoxy) is 1. The van der Waals surface area contributed by atoms with E-state index in [9.17, 15) is 9.59 Å². The summed E-state index contributed by atoms with van der Waals surface area (Å²) in [6.45, 7) is 3.97. The average molecular weight is 380 g/mol. The average Bonchev–Trinajstić information content (AvgIpc) is 2.54. The van der Waals surface area contributed by atoms with Crippen molar-refractivity contribution in [2.24, 2.45) is 0 Å². The lowest BCUT2D eigenvalue weighted by Crippen LogP contribution is -2.49. The molecule has 23 heavy (non-hydrogen) atoms. The summed E-state index contributed by atoms with van der Waals surface area (Å²) in [5, 5.41) is 5.56. The van der Waals surface area contributed by atoms with Gasteiger partial charge in [0.25, 0.3) is 5.91 Å². The number of amides is 3. The second-order valence-corrected chi connectivity index (χ2v) is 6.45. The second-order valence-electron chi connectivity index (χ2n) is 5.53. The Labute approximate surface area is 143 Å². The SMILES string of the molecule is CC1=C(C(=O)N2CCOCC2)[C@@H](c2cccc(Br)c2)NC(=O)N1. The molecule has 2 N–H and O–H groups in total. The number of nitrogens with zero attached hydrogens (tertiary/aromatic N) is 1. The van der Waals surface area contributed by atoms with Crippen molar-refractivity contribution in [1.29, 1.82) is 0 Å². The topological polar surface area (TPSA) is 70.7 Å². The first-order valence-electron chi connectivity index (χ1n) is 7.47. The lowest BCUT2D eigenvalue weighted by atomic mass is 9.94. The van der Waals surface area contributed by atoms with E-state index in [1.54, 1.807) is 11.8 Å². The molecule has 3 amide bonds. The van der Waals surface area contributed by atoms with Gasteiger partial charge in [0, 0.05) is 23.3 Å². The Morgan fingerprint density at radius 3 is 2.78 bits per heavy atom. The number of carbonyl (C=O) groups excluding carboxylic acids is 2. The van der Waals surface area contributed by atoms with Gasteiger partial charge in [-0.05, 0) is 24.6 Å². The van der Waals surface area contributed by atoms with E-state index in [-0.39, 0.29) is 11.9 Å². The largest absolute Gasteiger partial charge is 0.378 e. The van der Waals surface area contributed by atoms with Crippen LogP contribution in [0.2, 0.25) is 0 Å². The summed E-state index contributed by atoms with van der Waals surface area (Å²) < 4.78 is 6.21. The molecule has 1 aromatic carbocycles. The van der Waals surface area contributed by atoms with Gasteiger partial charge in [-0.2, -0.15) is 0 Å². The summed E-state index contributed by atoms with van der Waals surface area (Å²) in [4.78, 5) is 26.6. The van der Waals surface area contributed by atoms with Gasteiger partial charge >= 0.3 is 6.03 Å². The Hall–Kier alpha value is -1.86. The number of urea groups is 1. The van der Waals surface area contributed by atoms with Crippen LogP contribution in [-0.2, 0) is 9.53 Å². The normalized spacial score (nSPS) is 21.7. The summed E-state index contributed by atoms with van der Waals surface area (Å²) in [6, 6.07) is 6.85. The molecule has 2 aliphatic rings. The van der Waals surface area contributed by atoms with Crippen molar-refractivity contribution in [2.45, 2.75) is 13.0 Å². The van der Waals surface area contributed by atoms with E-state index in [2.05, 4.69) is 26.6 Å². The molecule has 7 heteroatoms. The maximum absolute atomic E-state index is 12.9. The van der Waals surface area contributed by atoms with Gasteiger partial charge in [0.05, 0.1) is 24.8 Å². The van der Waals surface area contributed by atoms with Gasteiger partial charge in [-0.15, -0.1) is 0 Å². The molecular weight excluding hydrogens is 362 g/mol. The highest BCUT2D eigenvalue weighted by atomic mass is 79.9. The maximum atomic E-state index is 12.9. The van der Waals surface area contributed by atoms with E-state index in [0.717, 1.165) is 10.0 Å². The van der Waals surface area contributed by atoms with Crippen LogP contribution in [0.15, 0.2) is 40.0 Å². The van der Waals surface area contributed by atoms with E-state index in [0.29, 0.717) is 37.6 Å². The highest BCUT2D eigenvalue weighted by Crippen LogP contribution is 2.29. The van der Waals surface area contributed by atoms with Crippen LogP contribution in [0, 0.1) is 0 Å². The van der Waals surface area contributed by atoms with Gasteiger partial charge in [-0.25, -0.2) is 4.79 Å². The third kappa shape index (κ3) is 3.40. The van der Waals surface area contributed by atoms with Crippen LogP contribution in [0.5, 0.6) is 0 Å². The number of hydrogen-bond donors (Lipinski definition) is 2. The van der Waals surface area contributed by atoms with Crippen LogP contribution in [-0.4, -0.2) is 43.1 Å². The number of benzene rings is 1. The summed E-state index contributed by atoms with van der Waals surface area (Å²) in [5.41, 5.74) is 2.03. The molecule has 0 aliphatic carbocycles. The van der Waals surface area contributed by atoms with Crippen molar-refractivity contribution in [3.8, 4) is 0 Å². The summed E-state index contributed by atoms with van der Waals surface area (Å²) in [6.07, 6.45) is 0. The first kappa shape index (κ1) is 16.0. The smallest absolute Gasteiger partial charge is 0.319 e. The number of rotatable bonds is 2. The van der Waals surface area contributed by atoms with Crippen molar-refractivity contribution in [3.05, 3.63) is 45.6 Å². The second kappa shape index (κ2) is 6.72. The minimum atomic E-state index is -0.461. The molecule has 0 unspecified atom stereocenters. The van der Waals surface area contributed by atoms with Crippen molar-refractivity contribution in [1.82, 2.24) is 15.5 Å². The van der Waals surface area contributed by atoms with Crippen LogP contribution in [0.3, 0.4) is 0 Å². The quantitative estimate of drug-likeness (QED) is 0.824. The molecule has 0 aromatic heterocycles. The predicted molar refractivity (Wildman–Crippen MR) is 88.6 cm³/mol. The molecule has 1 fully saturated rings. The molecule has 0 radical (unpaired) electrons. The summed E-state index contributed by atoms with van der Waals surface area (Å²) >= 11 is 3.44. The van der Waals surface area contributed by atoms with Crippen molar-refractivity contribution >= 4 is 27.9 Å². The van der Waals surface area contributed by atoms with Gasteiger partial charge in [0.2, 0.25) is 0 Å². The third-order valence-corrected chi connectivity index (χ3v) is 4.47. The van der Waals surface area contributed by atoms with Gasteiger partial charge in [0.15, 0.2) is 0 Å². The highest BCUT2D eigenvalue weighted by Gasteiger charge is 2.34. The van der Waals surface area contributed by atoms with Crippen LogP contribution in [0.1, 0.15) is 18.5 Å². The number of allylic oxidation sites excluding steroid dienone is 1. The van der Waals surface area contributed by atoms with Crippen molar-refractivity contribution < 1.29 is 14.3 Å². The Morgan fingerprint density at radius 1 is 1.35 bits per heavy atom. The fourth-order valence-electron chi connectivity index (χ4n) is 2.85. The van der Waals surface area contributed by atoms with Crippen LogP contribution in [0.25, 0.3) is 0 Å². The Bertz CT molecular complexity index is 668. The lowest BCUT2D eigenvalue weighted by Gasteiger charge is -2.34. The zero-order valence-electron chi connectivity index (χ0n) is 12.8. The number of carbonyl (C=O) groups is 2. The molecule has 0 saturated carbocycles. The molecule has 6 nitrogen and oxygen atoms in total. The van der Waals surface area contributed by atoms with Crippen LogP contribution in [0.4, 0.5) is 4.79 Å². The number of morpholine rings is 1. The van der Waals surface area contributed by atoms with Crippen LogP contribution < -0.4 is 10.6 Å². The number of nitrogens with one attached hydrogen (secondary N) is 2. The van der Waals surface area contributed by atoms with Gasteiger partial charge in [-0.3, -0.25) is 4.79 Å². The molecule has 1 aromatic rings. The Morgan fingerprint density at radius 2 is 2.09 bits per heavy atom. The number of halogens is 1. The zero-order valence-corrected chi connectivity index (χ0v) is 14.4. The summed E-state index contributed by atoms with van der Waals surface area (Å²) in [7, 11) is 0. The van der Waals surface area contributed by atoms with E-state index in [1.807, 2.05) is 24.3 Å². The Balaban J connectivity index is 1.97. The molecule has 0 bridgehead atoms. The van der Waals surface area contributed by atoms with Gasteiger partial charge < -0.3 is 20.3 Å².